The Bertz CT molecular complexity index is 1160. The number of benzene rings is 1. The molecule has 5 rings (SSSR count). The summed E-state index contributed by atoms with van der Waals surface area (Å²) in [6, 6.07) is 6.05. The number of hydrogen-bond acceptors (Lipinski definition) is 6. The molecule has 8 nitrogen and oxygen atoms in total. The Labute approximate surface area is 206 Å². The Kier molecular flexibility index (Phi) is 6.71. The first-order valence-electron chi connectivity index (χ1n) is 13.0. The van der Waals surface area contributed by atoms with E-state index in [2.05, 4.69) is 51.0 Å². The summed E-state index contributed by atoms with van der Waals surface area (Å²) in [5, 5.41) is 22.2. The van der Waals surface area contributed by atoms with Crippen molar-refractivity contribution in [2.45, 2.75) is 90.4 Å². The summed E-state index contributed by atoms with van der Waals surface area (Å²) in [6.07, 6.45) is 6.72. The van der Waals surface area contributed by atoms with Gasteiger partial charge in [0.2, 0.25) is 5.91 Å². The minimum Gasteiger partial charge on any atom is -0.361 e. The summed E-state index contributed by atoms with van der Waals surface area (Å²) in [4.78, 5) is 13.2. The molecular formula is C27H36N6O2. The number of tetrazole rings is 1. The number of aromatic amines is 1. The maximum atomic E-state index is 13.2. The summed E-state index contributed by atoms with van der Waals surface area (Å²) in [6.45, 7) is 8.65. The summed E-state index contributed by atoms with van der Waals surface area (Å²) >= 11 is 0. The minimum absolute atomic E-state index is 0.0441. The van der Waals surface area contributed by atoms with Crippen molar-refractivity contribution in [1.82, 2.24) is 25.8 Å². The molecule has 2 N–H and O–H groups in total. The van der Waals surface area contributed by atoms with Crippen molar-refractivity contribution in [2.75, 3.05) is 5.32 Å². The van der Waals surface area contributed by atoms with Gasteiger partial charge in [0.15, 0.2) is 5.82 Å². The molecule has 186 valence electrons. The summed E-state index contributed by atoms with van der Waals surface area (Å²) < 4.78 is 6.04. The number of amides is 1. The normalized spacial score (nSPS) is 20.6. The second-order valence-corrected chi connectivity index (χ2v) is 11.1. The number of carbonyl (C=O) groups is 1. The van der Waals surface area contributed by atoms with Gasteiger partial charge in [-0.3, -0.25) is 4.79 Å². The van der Waals surface area contributed by atoms with Gasteiger partial charge >= 0.3 is 0 Å². The minimum atomic E-state index is -0.169. The Morgan fingerprint density at radius 1 is 1.20 bits per heavy atom. The number of aryl methyl sites for hydroxylation is 2. The first kappa shape index (κ1) is 23.7. The van der Waals surface area contributed by atoms with Crippen LogP contribution in [0.3, 0.4) is 0 Å². The molecule has 0 bridgehead atoms. The van der Waals surface area contributed by atoms with Gasteiger partial charge in [0.25, 0.3) is 0 Å². The smallest absolute Gasteiger partial charge is 0.225 e. The second-order valence-electron chi connectivity index (χ2n) is 11.1. The van der Waals surface area contributed by atoms with Crippen molar-refractivity contribution in [3.05, 3.63) is 52.2 Å². The molecule has 1 amide bonds. The highest BCUT2D eigenvalue weighted by Crippen LogP contribution is 2.52. The fourth-order valence-corrected chi connectivity index (χ4v) is 5.64. The van der Waals surface area contributed by atoms with Crippen LogP contribution in [0, 0.1) is 25.7 Å². The van der Waals surface area contributed by atoms with Crippen molar-refractivity contribution in [3.63, 3.8) is 0 Å². The van der Waals surface area contributed by atoms with Crippen LogP contribution in [0.25, 0.3) is 0 Å². The van der Waals surface area contributed by atoms with E-state index in [1.807, 2.05) is 26.0 Å². The number of H-pyrrole nitrogens is 1. The highest BCUT2D eigenvalue weighted by Gasteiger charge is 2.41. The molecule has 0 aliphatic heterocycles. The van der Waals surface area contributed by atoms with Gasteiger partial charge in [-0.05, 0) is 75.3 Å². The molecule has 2 aromatic heterocycles. The molecule has 0 spiro atoms. The van der Waals surface area contributed by atoms with Crippen molar-refractivity contribution in [2.24, 2.45) is 11.8 Å². The third kappa shape index (κ3) is 5.46. The van der Waals surface area contributed by atoms with Crippen molar-refractivity contribution in [1.29, 1.82) is 0 Å². The standard InChI is InChI=1S/C27H36N6O2/c1-15(2)9-18-11-21(12-18)27-25(19-6-7-19)26(31-35-27)20(13-23-29-32-33-30-23)14-24(34)28-22-8-5-16(3)10-17(22)4/h5,8,10,15,18-21H,6-7,9,11-14H2,1-4H3,(H,28,34)(H,29,30,32,33)/t18?,20-,21?/m0/s1. The topological polar surface area (TPSA) is 110 Å². The molecule has 0 radical (unpaired) electrons. The molecule has 1 aromatic carbocycles. The average Bonchev–Trinajstić information content (AvgIpc) is 3.30. The first-order chi connectivity index (χ1) is 16.9. The predicted molar refractivity (Wildman–Crippen MR) is 133 cm³/mol. The third-order valence-electron chi connectivity index (χ3n) is 7.47. The number of hydrogen-bond donors (Lipinski definition) is 2. The first-order valence-corrected chi connectivity index (χ1v) is 13.0. The predicted octanol–water partition coefficient (Wildman–Crippen LogP) is 5.58. The van der Waals surface area contributed by atoms with E-state index in [1.165, 1.54) is 30.4 Å². The molecule has 3 aromatic rings. The van der Waals surface area contributed by atoms with Gasteiger partial charge in [0, 0.05) is 35.9 Å². The molecule has 0 saturated heterocycles. The lowest BCUT2D eigenvalue weighted by Crippen LogP contribution is -2.24. The average molecular weight is 477 g/mol. The van der Waals surface area contributed by atoms with Gasteiger partial charge in [-0.15, -0.1) is 10.2 Å². The van der Waals surface area contributed by atoms with Crippen molar-refractivity contribution in [3.8, 4) is 0 Å². The lowest BCUT2D eigenvalue weighted by atomic mass is 9.69. The summed E-state index contributed by atoms with van der Waals surface area (Å²) in [5.41, 5.74) is 5.23. The molecule has 8 heteroatoms. The molecule has 1 atom stereocenters. The monoisotopic (exact) mass is 476 g/mol. The van der Waals surface area contributed by atoms with Gasteiger partial charge in [0.05, 0.1) is 5.69 Å². The molecule has 2 aliphatic rings. The summed E-state index contributed by atoms with van der Waals surface area (Å²) in [5.74, 6) is 3.88. The molecular weight excluding hydrogens is 440 g/mol. The largest absolute Gasteiger partial charge is 0.361 e. The van der Waals surface area contributed by atoms with Gasteiger partial charge in [0.1, 0.15) is 5.76 Å². The molecule has 2 heterocycles. The van der Waals surface area contributed by atoms with Crippen molar-refractivity contribution >= 4 is 11.6 Å². The Morgan fingerprint density at radius 2 is 2.00 bits per heavy atom. The maximum Gasteiger partial charge on any atom is 0.225 e. The van der Waals surface area contributed by atoms with E-state index in [9.17, 15) is 4.79 Å². The number of anilines is 1. The maximum absolute atomic E-state index is 13.2. The Morgan fingerprint density at radius 3 is 2.66 bits per heavy atom. The van der Waals surface area contributed by atoms with E-state index in [0.717, 1.165) is 47.4 Å². The van der Waals surface area contributed by atoms with Crippen LogP contribution >= 0.6 is 0 Å². The fourth-order valence-electron chi connectivity index (χ4n) is 5.64. The summed E-state index contributed by atoms with van der Waals surface area (Å²) in [7, 11) is 0. The SMILES string of the molecule is Cc1ccc(NC(=O)C[C@H](Cc2nn[nH]n2)c2noc(C3CC(CC(C)C)C3)c2C2CC2)c(C)c1. The van der Waals surface area contributed by atoms with E-state index in [-0.39, 0.29) is 18.2 Å². The number of nitrogens with one attached hydrogen (secondary N) is 2. The molecule has 2 saturated carbocycles. The molecule has 2 aliphatic carbocycles. The highest BCUT2D eigenvalue weighted by molar-refractivity contribution is 5.92. The van der Waals surface area contributed by atoms with Crippen LogP contribution in [-0.2, 0) is 11.2 Å². The number of rotatable bonds is 10. The van der Waals surface area contributed by atoms with Crippen LogP contribution in [0.1, 0.15) is 104 Å². The van der Waals surface area contributed by atoms with Gasteiger partial charge < -0.3 is 9.84 Å². The van der Waals surface area contributed by atoms with Crippen LogP contribution < -0.4 is 5.32 Å². The number of nitrogens with zero attached hydrogens (tertiary/aromatic N) is 4. The van der Waals surface area contributed by atoms with Crippen LogP contribution in [0.2, 0.25) is 0 Å². The highest BCUT2D eigenvalue weighted by atomic mass is 16.5. The number of aromatic nitrogens is 5. The lowest BCUT2D eigenvalue weighted by Gasteiger charge is -2.35. The second kappa shape index (κ2) is 9.91. The van der Waals surface area contributed by atoms with Gasteiger partial charge in [-0.25, -0.2) is 0 Å². The number of carbonyl (C=O) groups excluding carboxylic acids is 1. The molecule has 2 fully saturated rings. The zero-order chi connectivity index (χ0) is 24.5. The van der Waals surface area contributed by atoms with E-state index in [1.54, 1.807) is 0 Å². The van der Waals surface area contributed by atoms with Gasteiger partial charge in [-0.2, -0.15) is 5.21 Å². The van der Waals surface area contributed by atoms with Crippen LogP contribution in [0.5, 0.6) is 0 Å². The zero-order valence-corrected chi connectivity index (χ0v) is 21.2. The third-order valence-corrected chi connectivity index (χ3v) is 7.47. The zero-order valence-electron chi connectivity index (χ0n) is 21.2. The Balaban J connectivity index is 1.37. The molecule has 0 unspecified atom stereocenters. The quantitative estimate of drug-likeness (QED) is 0.395. The van der Waals surface area contributed by atoms with Crippen LogP contribution in [-0.4, -0.2) is 31.7 Å². The van der Waals surface area contributed by atoms with E-state index >= 15 is 0 Å². The molecule has 35 heavy (non-hydrogen) atoms. The fraction of sp³-hybridized carbons (Fsp3) is 0.593. The van der Waals surface area contributed by atoms with Gasteiger partial charge in [-0.1, -0.05) is 41.9 Å². The van der Waals surface area contributed by atoms with Crippen LogP contribution in [0.15, 0.2) is 22.7 Å². The lowest BCUT2D eigenvalue weighted by molar-refractivity contribution is -0.116. The van der Waals surface area contributed by atoms with E-state index in [0.29, 0.717) is 24.1 Å². The van der Waals surface area contributed by atoms with E-state index < -0.39 is 0 Å². The Hall–Kier alpha value is -3.03. The van der Waals surface area contributed by atoms with Crippen molar-refractivity contribution < 1.29 is 9.32 Å². The van der Waals surface area contributed by atoms with Crippen LogP contribution in [0.4, 0.5) is 5.69 Å². The van der Waals surface area contributed by atoms with E-state index in [4.69, 9.17) is 4.52 Å².